The smallest absolute Gasteiger partial charge is 0.407 e. The maximum Gasteiger partial charge on any atom is 0.407 e. The first-order chi connectivity index (χ1) is 16.8. The molecule has 184 valence electrons. The predicted octanol–water partition coefficient (Wildman–Crippen LogP) is 4.53. The molecule has 0 aliphatic carbocycles. The number of carbonyl (C=O) groups is 3. The Morgan fingerprint density at radius 2 is 2.00 bits per heavy atom. The van der Waals surface area contributed by atoms with Gasteiger partial charge >= 0.3 is 6.09 Å². The molecule has 2 atom stereocenters. The summed E-state index contributed by atoms with van der Waals surface area (Å²) in [5.74, 6) is 1.17. The summed E-state index contributed by atoms with van der Waals surface area (Å²) in [4.78, 5) is 44.7. The van der Waals surface area contributed by atoms with Crippen molar-refractivity contribution in [2.24, 2.45) is 5.92 Å². The number of hydrogen-bond donors (Lipinski definition) is 2. The van der Waals surface area contributed by atoms with Crippen LogP contribution in [0, 0.1) is 5.92 Å². The zero-order valence-corrected chi connectivity index (χ0v) is 20.2. The van der Waals surface area contributed by atoms with Gasteiger partial charge in [0.25, 0.3) is 11.1 Å². The van der Waals surface area contributed by atoms with Gasteiger partial charge in [0.05, 0.1) is 11.0 Å². The molecule has 2 aliphatic heterocycles. The number of nitrogens with zero attached hydrogens (tertiary/aromatic N) is 3. The largest absolute Gasteiger partial charge is 0.474 e. The molecule has 2 saturated heterocycles. The lowest BCUT2D eigenvalue weighted by molar-refractivity contribution is -0.115. The number of nitrogens with one attached hydrogen (secondary N) is 1. The number of piperidine rings is 1. The molecule has 35 heavy (non-hydrogen) atoms. The van der Waals surface area contributed by atoms with Crippen LogP contribution in [0.5, 0.6) is 17.5 Å². The van der Waals surface area contributed by atoms with E-state index in [9.17, 15) is 19.5 Å². The molecule has 2 N–H and O–H groups in total. The normalized spacial score (nSPS) is 21.3. The van der Waals surface area contributed by atoms with Crippen molar-refractivity contribution in [3.63, 3.8) is 0 Å². The van der Waals surface area contributed by atoms with Crippen molar-refractivity contribution in [1.29, 1.82) is 0 Å². The van der Waals surface area contributed by atoms with E-state index >= 15 is 0 Å². The van der Waals surface area contributed by atoms with Crippen LogP contribution in [0.1, 0.15) is 38.7 Å². The monoisotopic (exact) mass is 498 g/mol. The third-order valence-corrected chi connectivity index (χ3v) is 6.41. The van der Waals surface area contributed by atoms with Gasteiger partial charge in [-0.1, -0.05) is 26.0 Å². The standard InChI is InChI=1S/C24H26N4O6S/c1-14(2)9-16-11-18(7-8-28(16)24(31)32)34-21-12-20(25-13-26-21)33-17-5-3-15(4-6-17)10-19-22(29)27-23(30)35-19/h3-6,10,12-14,16,18H,7-9,11H2,1-2H3,(H,31,32)(H,27,29,30). The zero-order chi connectivity index (χ0) is 24.9. The lowest BCUT2D eigenvalue weighted by Crippen LogP contribution is -2.48. The van der Waals surface area contributed by atoms with Crippen LogP contribution in [0.3, 0.4) is 0 Å². The Balaban J connectivity index is 1.38. The molecule has 1 aromatic carbocycles. The van der Waals surface area contributed by atoms with E-state index in [-0.39, 0.29) is 17.4 Å². The van der Waals surface area contributed by atoms with E-state index < -0.39 is 12.0 Å². The van der Waals surface area contributed by atoms with Crippen molar-refractivity contribution < 1.29 is 29.0 Å². The topological polar surface area (TPSA) is 131 Å². The fourth-order valence-corrected chi connectivity index (χ4v) is 4.76. The van der Waals surface area contributed by atoms with Gasteiger partial charge in [0.2, 0.25) is 11.8 Å². The lowest BCUT2D eigenvalue weighted by Gasteiger charge is -2.38. The Morgan fingerprint density at radius 1 is 1.26 bits per heavy atom. The highest BCUT2D eigenvalue weighted by atomic mass is 32.2. The minimum Gasteiger partial charge on any atom is -0.474 e. The molecular weight excluding hydrogens is 472 g/mol. The van der Waals surface area contributed by atoms with E-state index in [1.165, 1.54) is 11.2 Å². The highest BCUT2D eigenvalue weighted by Gasteiger charge is 2.33. The predicted molar refractivity (Wildman–Crippen MR) is 129 cm³/mol. The maximum absolute atomic E-state index is 11.7. The molecule has 0 spiro atoms. The van der Waals surface area contributed by atoms with Crippen LogP contribution in [0.4, 0.5) is 9.59 Å². The number of rotatable bonds is 7. The lowest BCUT2D eigenvalue weighted by atomic mass is 9.92. The first-order valence-corrected chi connectivity index (χ1v) is 12.1. The van der Waals surface area contributed by atoms with Crippen molar-refractivity contribution in [3.8, 4) is 17.5 Å². The number of benzene rings is 1. The van der Waals surface area contributed by atoms with Crippen molar-refractivity contribution in [2.45, 2.75) is 45.3 Å². The summed E-state index contributed by atoms with van der Waals surface area (Å²) in [6.45, 7) is 4.57. The van der Waals surface area contributed by atoms with Crippen LogP contribution in [0.2, 0.25) is 0 Å². The number of carbonyl (C=O) groups excluding carboxylic acids is 2. The Morgan fingerprint density at radius 3 is 2.66 bits per heavy atom. The van der Waals surface area contributed by atoms with Gasteiger partial charge in [0.15, 0.2) is 0 Å². The molecule has 3 heterocycles. The van der Waals surface area contributed by atoms with Crippen LogP contribution in [-0.2, 0) is 4.79 Å². The van der Waals surface area contributed by atoms with Crippen LogP contribution < -0.4 is 14.8 Å². The number of ether oxygens (including phenoxy) is 2. The Labute approximate surface area is 206 Å². The Bertz CT molecular complexity index is 1140. The number of likely N-dealkylation sites (tertiary alicyclic amines) is 1. The molecular formula is C24H26N4O6S. The number of aromatic nitrogens is 2. The summed E-state index contributed by atoms with van der Waals surface area (Å²) in [7, 11) is 0. The molecule has 2 aliphatic rings. The number of thioether (sulfide) groups is 1. The van der Waals surface area contributed by atoms with E-state index in [2.05, 4.69) is 29.1 Å². The van der Waals surface area contributed by atoms with Crippen LogP contribution in [0.15, 0.2) is 41.6 Å². The Kier molecular flexibility index (Phi) is 7.54. The summed E-state index contributed by atoms with van der Waals surface area (Å²) in [6, 6.07) is 8.50. The highest BCUT2D eigenvalue weighted by Crippen LogP contribution is 2.29. The van der Waals surface area contributed by atoms with E-state index in [0.717, 1.165) is 23.7 Å². The summed E-state index contributed by atoms with van der Waals surface area (Å²) in [5.41, 5.74) is 0.750. The van der Waals surface area contributed by atoms with Gasteiger partial charge < -0.3 is 19.5 Å². The molecule has 0 radical (unpaired) electrons. The highest BCUT2D eigenvalue weighted by molar-refractivity contribution is 8.18. The van der Waals surface area contributed by atoms with Gasteiger partial charge in [-0.2, -0.15) is 0 Å². The summed E-state index contributed by atoms with van der Waals surface area (Å²) in [5, 5.41) is 11.3. The van der Waals surface area contributed by atoms with Crippen molar-refractivity contribution in [1.82, 2.24) is 20.2 Å². The second kappa shape index (κ2) is 10.8. The number of imide groups is 1. The van der Waals surface area contributed by atoms with Gasteiger partial charge in [-0.15, -0.1) is 0 Å². The fourth-order valence-electron chi connectivity index (χ4n) is 4.08. The van der Waals surface area contributed by atoms with Gasteiger partial charge in [0.1, 0.15) is 18.2 Å². The van der Waals surface area contributed by atoms with E-state index in [1.54, 1.807) is 36.4 Å². The first kappa shape index (κ1) is 24.5. The van der Waals surface area contributed by atoms with E-state index in [1.807, 2.05) is 0 Å². The minimum atomic E-state index is -0.896. The average Bonchev–Trinajstić information content (AvgIpc) is 3.11. The second-order valence-corrected chi connectivity index (χ2v) is 9.76. The number of hydrogen-bond acceptors (Lipinski definition) is 8. The number of carboxylic acid groups (broad SMARTS) is 1. The van der Waals surface area contributed by atoms with Crippen molar-refractivity contribution in [3.05, 3.63) is 47.1 Å². The molecule has 0 saturated carbocycles. The quantitative estimate of drug-likeness (QED) is 0.529. The summed E-state index contributed by atoms with van der Waals surface area (Å²) in [6.07, 6.45) is 3.90. The second-order valence-electron chi connectivity index (χ2n) is 8.74. The zero-order valence-electron chi connectivity index (χ0n) is 19.3. The Hall–Kier alpha value is -3.60. The van der Waals surface area contributed by atoms with Crippen LogP contribution >= 0.6 is 11.8 Å². The first-order valence-electron chi connectivity index (χ1n) is 11.3. The molecule has 2 fully saturated rings. The summed E-state index contributed by atoms with van der Waals surface area (Å²) >= 11 is 0.863. The van der Waals surface area contributed by atoms with E-state index in [0.29, 0.717) is 47.7 Å². The molecule has 4 rings (SSSR count). The van der Waals surface area contributed by atoms with Gasteiger partial charge in [-0.3, -0.25) is 14.9 Å². The van der Waals surface area contributed by atoms with Gasteiger partial charge in [0, 0.05) is 25.4 Å². The molecule has 2 unspecified atom stereocenters. The van der Waals surface area contributed by atoms with Crippen LogP contribution in [-0.4, -0.2) is 55.9 Å². The molecule has 1 aromatic heterocycles. The summed E-state index contributed by atoms with van der Waals surface area (Å²) < 4.78 is 11.9. The molecule has 3 amide bonds. The number of amides is 3. The molecule has 2 aromatic rings. The van der Waals surface area contributed by atoms with Crippen LogP contribution in [0.25, 0.3) is 6.08 Å². The fraction of sp³-hybridized carbons (Fsp3) is 0.375. The van der Waals surface area contributed by atoms with Gasteiger partial charge in [-0.25, -0.2) is 14.8 Å². The maximum atomic E-state index is 11.7. The molecule has 11 heteroatoms. The average molecular weight is 499 g/mol. The SMILES string of the molecule is CC(C)CC1CC(Oc2cc(Oc3ccc(C=C4SC(=O)NC4=O)cc3)ncn2)CCN1C(=O)O. The third kappa shape index (κ3) is 6.50. The molecule has 10 nitrogen and oxygen atoms in total. The van der Waals surface area contributed by atoms with Gasteiger partial charge in [-0.05, 0) is 47.9 Å². The van der Waals surface area contributed by atoms with Crippen molar-refractivity contribution >= 4 is 35.1 Å². The minimum absolute atomic E-state index is 0.0934. The third-order valence-electron chi connectivity index (χ3n) is 5.60. The van der Waals surface area contributed by atoms with E-state index in [4.69, 9.17) is 9.47 Å². The van der Waals surface area contributed by atoms with Crippen molar-refractivity contribution in [2.75, 3.05) is 6.54 Å². The molecule has 0 bridgehead atoms.